The van der Waals surface area contributed by atoms with Gasteiger partial charge in [-0.25, -0.2) is 13.1 Å². The van der Waals surface area contributed by atoms with Gasteiger partial charge in [0.05, 0.1) is 4.90 Å². The van der Waals surface area contributed by atoms with Gasteiger partial charge in [0.1, 0.15) is 0 Å². The number of Topliss-reactive ketones (excluding diaryl/α,β-unsaturated/α-hetero) is 1. The maximum absolute atomic E-state index is 13.0. The molecule has 7 heteroatoms. The number of carbonyl (C=O) groups excluding carboxylic acids is 1. The van der Waals surface area contributed by atoms with Crippen molar-refractivity contribution in [1.82, 2.24) is 9.62 Å². The summed E-state index contributed by atoms with van der Waals surface area (Å²) in [5.41, 5.74) is 1.85. The molecule has 1 aliphatic heterocycles. The molecule has 1 saturated carbocycles. The highest BCUT2D eigenvalue weighted by Gasteiger charge is 2.36. The molecule has 4 rings (SSSR count). The number of sulfonamides is 1. The zero-order valence-electron chi connectivity index (χ0n) is 18.5. The normalized spacial score (nSPS) is 22.8. The number of ketones is 1. The van der Waals surface area contributed by atoms with Crippen molar-refractivity contribution in [2.45, 2.75) is 62.4 Å². The highest BCUT2D eigenvalue weighted by atomic mass is 35.5. The first-order chi connectivity index (χ1) is 15.3. The molecule has 2 aliphatic rings. The Labute approximate surface area is 196 Å². The minimum absolute atomic E-state index is 0.0692. The van der Waals surface area contributed by atoms with Crippen LogP contribution in [-0.4, -0.2) is 44.3 Å². The van der Waals surface area contributed by atoms with E-state index in [0.29, 0.717) is 11.5 Å². The lowest BCUT2D eigenvalue weighted by molar-refractivity contribution is 0.101. The first kappa shape index (κ1) is 23.4. The van der Waals surface area contributed by atoms with E-state index in [9.17, 15) is 13.2 Å². The lowest BCUT2D eigenvalue weighted by Gasteiger charge is -2.38. The van der Waals surface area contributed by atoms with E-state index in [-0.39, 0.29) is 22.8 Å². The van der Waals surface area contributed by atoms with E-state index in [2.05, 4.69) is 21.8 Å². The summed E-state index contributed by atoms with van der Waals surface area (Å²) in [6.45, 7) is 3.49. The fraction of sp³-hybridized carbons (Fsp3) is 0.480. The standard InChI is InChI=1S/C25H31ClN2O3S/c1-18(29)21-7-11-23(12-8-21)32(30,31)27-24-3-2-4-25(24)28-15-13-20(14-16-28)17-19-5-9-22(26)10-6-19/h5-12,20,24-25,27H,2-4,13-17H2,1H3. The Hall–Kier alpha value is -1.73. The predicted molar refractivity (Wildman–Crippen MR) is 128 cm³/mol. The summed E-state index contributed by atoms with van der Waals surface area (Å²) < 4.78 is 28.9. The number of halogens is 1. The molecular formula is C25H31ClN2O3S. The van der Waals surface area contributed by atoms with Gasteiger partial charge in [-0.3, -0.25) is 9.69 Å². The van der Waals surface area contributed by atoms with E-state index in [1.807, 2.05) is 12.1 Å². The maximum Gasteiger partial charge on any atom is 0.240 e. The second-order valence-corrected chi connectivity index (χ2v) is 11.3. The van der Waals surface area contributed by atoms with Crippen LogP contribution in [0.5, 0.6) is 0 Å². The van der Waals surface area contributed by atoms with Crippen molar-refractivity contribution in [1.29, 1.82) is 0 Å². The van der Waals surface area contributed by atoms with Gasteiger partial charge in [-0.05, 0) is 87.9 Å². The molecular weight excluding hydrogens is 444 g/mol. The summed E-state index contributed by atoms with van der Waals surface area (Å²) in [6, 6.07) is 14.5. The fourth-order valence-electron chi connectivity index (χ4n) is 5.09. The molecule has 5 nitrogen and oxygen atoms in total. The zero-order valence-corrected chi connectivity index (χ0v) is 20.0. The van der Waals surface area contributed by atoms with Crippen molar-refractivity contribution in [3.05, 3.63) is 64.7 Å². The molecule has 2 aromatic carbocycles. The summed E-state index contributed by atoms with van der Waals surface area (Å²) in [6.07, 6.45) is 6.25. The molecule has 32 heavy (non-hydrogen) atoms. The van der Waals surface area contributed by atoms with Crippen LogP contribution in [0.25, 0.3) is 0 Å². The van der Waals surface area contributed by atoms with Crippen molar-refractivity contribution >= 4 is 27.4 Å². The number of carbonyl (C=O) groups is 1. The molecule has 1 aliphatic carbocycles. The molecule has 2 aromatic rings. The number of benzene rings is 2. The highest BCUT2D eigenvalue weighted by molar-refractivity contribution is 7.89. The van der Waals surface area contributed by atoms with Crippen LogP contribution in [0.3, 0.4) is 0 Å². The van der Waals surface area contributed by atoms with E-state index < -0.39 is 10.0 Å². The molecule has 1 heterocycles. The molecule has 0 spiro atoms. The van der Waals surface area contributed by atoms with Crippen molar-refractivity contribution in [3.63, 3.8) is 0 Å². The number of nitrogens with zero attached hydrogens (tertiary/aromatic N) is 1. The number of piperidine rings is 1. The van der Waals surface area contributed by atoms with Crippen LogP contribution in [0.4, 0.5) is 0 Å². The zero-order chi connectivity index (χ0) is 22.7. The van der Waals surface area contributed by atoms with Crippen LogP contribution in [0.2, 0.25) is 5.02 Å². The topological polar surface area (TPSA) is 66.5 Å². The molecule has 2 atom stereocenters. The van der Waals surface area contributed by atoms with Crippen LogP contribution in [0.15, 0.2) is 53.4 Å². The quantitative estimate of drug-likeness (QED) is 0.591. The van der Waals surface area contributed by atoms with E-state index in [4.69, 9.17) is 11.6 Å². The number of likely N-dealkylation sites (tertiary alicyclic amines) is 1. The fourth-order valence-corrected chi connectivity index (χ4v) is 6.52. The van der Waals surface area contributed by atoms with Crippen molar-refractivity contribution in [3.8, 4) is 0 Å². The smallest absolute Gasteiger partial charge is 0.240 e. The van der Waals surface area contributed by atoms with Gasteiger partial charge in [-0.15, -0.1) is 0 Å². The maximum atomic E-state index is 13.0. The molecule has 0 radical (unpaired) electrons. The van der Waals surface area contributed by atoms with Crippen LogP contribution in [-0.2, 0) is 16.4 Å². The third-order valence-electron chi connectivity index (χ3n) is 6.91. The molecule has 0 aromatic heterocycles. The third-order valence-corrected chi connectivity index (χ3v) is 8.67. The number of hydrogen-bond donors (Lipinski definition) is 1. The van der Waals surface area contributed by atoms with Gasteiger partial charge in [-0.2, -0.15) is 0 Å². The first-order valence-electron chi connectivity index (χ1n) is 11.4. The lowest BCUT2D eigenvalue weighted by Crippen LogP contribution is -2.51. The Morgan fingerprint density at radius 1 is 1.00 bits per heavy atom. The van der Waals surface area contributed by atoms with Gasteiger partial charge in [0.25, 0.3) is 0 Å². The second kappa shape index (κ2) is 10.0. The van der Waals surface area contributed by atoms with Crippen LogP contribution in [0.1, 0.15) is 54.9 Å². The van der Waals surface area contributed by atoms with E-state index >= 15 is 0 Å². The van der Waals surface area contributed by atoms with Gasteiger partial charge >= 0.3 is 0 Å². The van der Waals surface area contributed by atoms with Crippen molar-refractivity contribution in [2.24, 2.45) is 5.92 Å². The van der Waals surface area contributed by atoms with Gasteiger partial charge in [-0.1, -0.05) is 42.3 Å². The molecule has 0 bridgehead atoms. The van der Waals surface area contributed by atoms with E-state index in [0.717, 1.165) is 56.6 Å². The molecule has 1 N–H and O–H groups in total. The number of rotatable bonds is 7. The molecule has 172 valence electrons. The third kappa shape index (κ3) is 5.60. The number of nitrogens with one attached hydrogen (secondary N) is 1. The lowest BCUT2D eigenvalue weighted by atomic mass is 9.89. The Kier molecular flexibility index (Phi) is 7.35. The number of hydrogen-bond acceptors (Lipinski definition) is 4. The first-order valence-corrected chi connectivity index (χ1v) is 13.3. The summed E-state index contributed by atoms with van der Waals surface area (Å²) in [4.78, 5) is 14.2. The Balaban J connectivity index is 1.34. The monoisotopic (exact) mass is 474 g/mol. The van der Waals surface area contributed by atoms with Crippen LogP contribution >= 0.6 is 11.6 Å². The second-order valence-electron chi connectivity index (χ2n) is 9.12. The van der Waals surface area contributed by atoms with Gasteiger partial charge in [0, 0.05) is 22.7 Å². The summed E-state index contributed by atoms with van der Waals surface area (Å²) in [7, 11) is -3.61. The molecule has 2 unspecified atom stereocenters. The van der Waals surface area contributed by atoms with Gasteiger partial charge in [0.2, 0.25) is 10.0 Å². The summed E-state index contributed by atoms with van der Waals surface area (Å²) in [5, 5.41) is 0.771. The van der Waals surface area contributed by atoms with Crippen LogP contribution < -0.4 is 4.72 Å². The highest BCUT2D eigenvalue weighted by Crippen LogP contribution is 2.31. The largest absolute Gasteiger partial charge is 0.299 e. The minimum atomic E-state index is -3.61. The Morgan fingerprint density at radius 3 is 2.28 bits per heavy atom. The SMILES string of the molecule is CC(=O)c1ccc(S(=O)(=O)NC2CCCC2N2CCC(Cc3ccc(Cl)cc3)CC2)cc1. The molecule has 0 amide bonds. The van der Waals surface area contributed by atoms with E-state index in [1.54, 1.807) is 12.1 Å². The average Bonchev–Trinajstić information content (AvgIpc) is 3.23. The minimum Gasteiger partial charge on any atom is -0.299 e. The average molecular weight is 475 g/mol. The van der Waals surface area contributed by atoms with E-state index in [1.165, 1.54) is 24.6 Å². The molecule has 1 saturated heterocycles. The van der Waals surface area contributed by atoms with Crippen LogP contribution in [0, 0.1) is 5.92 Å². The summed E-state index contributed by atoms with van der Waals surface area (Å²) >= 11 is 6.00. The Bertz CT molecular complexity index is 1030. The predicted octanol–water partition coefficient (Wildman–Crippen LogP) is 4.70. The summed E-state index contributed by atoms with van der Waals surface area (Å²) in [5.74, 6) is 0.584. The van der Waals surface area contributed by atoms with Gasteiger partial charge in [0.15, 0.2) is 5.78 Å². The van der Waals surface area contributed by atoms with Crippen molar-refractivity contribution in [2.75, 3.05) is 13.1 Å². The van der Waals surface area contributed by atoms with Gasteiger partial charge < -0.3 is 0 Å². The Morgan fingerprint density at radius 2 is 1.66 bits per heavy atom. The van der Waals surface area contributed by atoms with Crippen molar-refractivity contribution < 1.29 is 13.2 Å². The molecule has 2 fully saturated rings.